The molecule has 0 aliphatic rings. The van der Waals surface area contributed by atoms with Crippen molar-refractivity contribution in [2.75, 3.05) is 0 Å². The average Bonchev–Trinajstić information content (AvgIpc) is 2.88. The predicted molar refractivity (Wildman–Crippen MR) is 156 cm³/mol. The molecule has 37 heavy (non-hydrogen) atoms. The molecule has 2 heteroatoms. The van der Waals surface area contributed by atoms with Gasteiger partial charge in [0.05, 0.1) is 22.5 Å². The Morgan fingerprint density at radius 2 is 0.946 bits per heavy atom. The molecule has 2 aromatic carbocycles. The third-order valence-electron chi connectivity index (χ3n) is 7.83. The van der Waals surface area contributed by atoms with Gasteiger partial charge in [-0.05, 0) is 64.3 Å². The second kappa shape index (κ2) is 9.56. The van der Waals surface area contributed by atoms with E-state index in [-0.39, 0.29) is 16.2 Å². The van der Waals surface area contributed by atoms with Crippen molar-refractivity contribution in [2.45, 2.75) is 84.0 Å². The number of hydrogen-bond donors (Lipinski definition) is 0. The fourth-order valence-corrected chi connectivity index (χ4v) is 4.91. The molecule has 0 aliphatic heterocycles. The summed E-state index contributed by atoms with van der Waals surface area (Å²) in [6.45, 7) is 20.4. The fraction of sp³-hybridized carbons (Fsp3) is 0.371. The van der Waals surface area contributed by atoms with E-state index in [1.165, 1.54) is 22.3 Å². The van der Waals surface area contributed by atoms with Crippen molar-refractivity contribution in [1.29, 1.82) is 0 Å². The van der Waals surface area contributed by atoms with Crippen LogP contribution >= 0.6 is 0 Å². The maximum absolute atomic E-state index is 5.47. The van der Waals surface area contributed by atoms with Gasteiger partial charge in [-0.1, -0.05) is 116 Å². The molecule has 1 unspecified atom stereocenters. The highest BCUT2D eigenvalue weighted by molar-refractivity contribution is 5.49. The average molecular weight is 491 g/mol. The molecular weight excluding hydrogens is 448 g/mol. The number of nitrogens with zero attached hydrogens (tertiary/aromatic N) is 2. The van der Waals surface area contributed by atoms with Crippen LogP contribution in [-0.2, 0) is 21.7 Å². The molecule has 0 saturated carbocycles. The van der Waals surface area contributed by atoms with Crippen molar-refractivity contribution in [3.05, 3.63) is 130 Å². The summed E-state index contributed by atoms with van der Waals surface area (Å²) in [5, 5.41) is 0. The molecule has 192 valence electrons. The zero-order chi connectivity index (χ0) is 27.1. The van der Waals surface area contributed by atoms with E-state index >= 15 is 0 Å². The molecule has 0 bridgehead atoms. The lowest BCUT2D eigenvalue weighted by atomic mass is 9.72. The van der Waals surface area contributed by atoms with Crippen LogP contribution in [0.1, 0.15) is 102 Å². The van der Waals surface area contributed by atoms with Crippen LogP contribution in [0.25, 0.3) is 0 Å². The van der Waals surface area contributed by atoms with E-state index in [1.807, 2.05) is 6.20 Å². The van der Waals surface area contributed by atoms with Crippen LogP contribution in [0.3, 0.4) is 0 Å². The first-order valence-electron chi connectivity index (χ1n) is 13.4. The van der Waals surface area contributed by atoms with Gasteiger partial charge >= 0.3 is 0 Å². The quantitative estimate of drug-likeness (QED) is 0.279. The SMILES string of the molecule is CC(C)(C)c1ccnc(C(C)(c2ccccc2)c2cc(C(C)(C)C)cc(C(C)(C)c3ccccc3)n2)c1. The molecule has 0 radical (unpaired) electrons. The van der Waals surface area contributed by atoms with Gasteiger partial charge < -0.3 is 0 Å². The molecule has 0 amide bonds. The summed E-state index contributed by atoms with van der Waals surface area (Å²) in [5.74, 6) is 0. The summed E-state index contributed by atoms with van der Waals surface area (Å²) in [7, 11) is 0. The maximum atomic E-state index is 5.47. The van der Waals surface area contributed by atoms with Crippen molar-refractivity contribution in [1.82, 2.24) is 9.97 Å². The third kappa shape index (κ3) is 5.25. The summed E-state index contributed by atoms with van der Waals surface area (Å²) in [6, 6.07) is 30.5. The Hall–Kier alpha value is -3.26. The highest BCUT2D eigenvalue weighted by atomic mass is 14.8. The van der Waals surface area contributed by atoms with Gasteiger partial charge in [-0.25, -0.2) is 0 Å². The van der Waals surface area contributed by atoms with E-state index in [0.29, 0.717) is 0 Å². The maximum Gasteiger partial charge on any atom is 0.0768 e. The van der Waals surface area contributed by atoms with Crippen molar-refractivity contribution < 1.29 is 0 Å². The van der Waals surface area contributed by atoms with Crippen LogP contribution in [0.4, 0.5) is 0 Å². The number of rotatable bonds is 5. The van der Waals surface area contributed by atoms with Crippen LogP contribution in [0.5, 0.6) is 0 Å². The van der Waals surface area contributed by atoms with Crippen molar-refractivity contribution in [3.63, 3.8) is 0 Å². The van der Waals surface area contributed by atoms with E-state index in [2.05, 4.69) is 147 Å². The first-order valence-corrected chi connectivity index (χ1v) is 13.4. The second-order valence-corrected chi connectivity index (χ2v) is 13.0. The molecule has 0 aliphatic carbocycles. The van der Waals surface area contributed by atoms with Gasteiger partial charge in [-0.3, -0.25) is 9.97 Å². The van der Waals surface area contributed by atoms with E-state index in [1.54, 1.807) is 0 Å². The summed E-state index contributed by atoms with van der Waals surface area (Å²) < 4.78 is 0. The first-order chi connectivity index (χ1) is 17.2. The Balaban J connectivity index is 2.04. The topological polar surface area (TPSA) is 25.8 Å². The highest BCUT2D eigenvalue weighted by Gasteiger charge is 2.37. The van der Waals surface area contributed by atoms with Gasteiger partial charge in [0.15, 0.2) is 0 Å². The number of benzene rings is 2. The van der Waals surface area contributed by atoms with Gasteiger partial charge in [0, 0.05) is 11.6 Å². The molecule has 0 spiro atoms. The minimum Gasteiger partial charge on any atom is -0.260 e. The molecule has 1 atom stereocenters. The third-order valence-corrected chi connectivity index (χ3v) is 7.83. The standard InChI is InChI=1S/C35H42N2/c1-32(2,3)27-20-21-36-30(22-27)35(9,26-18-14-11-15-19-26)31-24-28(33(4,5)6)23-29(37-31)34(7,8)25-16-12-10-13-17-25/h10-24H,1-9H3. The van der Waals surface area contributed by atoms with Crippen LogP contribution in [0, 0.1) is 0 Å². The summed E-state index contributed by atoms with van der Waals surface area (Å²) >= 11 is 0. The molecular formula is C35H42N2. The lowest BCUT2D eigenvalue weighted by molar-refractivity contribution is 0.551. The Labute approximate surface area is 224 Å². The Bertz CT molecular complexity index is 1360. The Morgan fingerprint density at radius 3 is 1.49 bits per heavy atom. The minimum absolute atomic E-state index is 0.0242. The number of hydrogen-bond acceptors (Lipinski definition) is 2. The largest absolute Gasteiger partial charge is 0.260 e. The van der Waals surface area contributed by atoms with E-state index in [9.17, 15) is 0 Å². The zero-order valence-electron chi connectivity index (χ0n) is 24.1. The van der Waals surface area contributed by atoms with Gasteiger partial charge in [-0.2, -0.15) is 0 Å². The van der Waals surface area contributed by atoms with E-state index in [4.69, 9.17) is 9.97 Å². The molecule has 0 saturated heterocycles. The number of pyridine rings is 2. The first kappa shape index (κ1) is 26.8. The van der Waals surface area contributed by atoms with Crippen LogP contribution < -0.4 is 0 Å². The predicted octanol–water partition coefficient (Wildman–Crippen LogP) is 8.75. The lowest BCUT2D eigenvalue weighted by Crippen LogP contribution is -2.32. The Kier molecular flexibility index (Phi) is 6.92. The summed E-state index contributed by atoms with van der Waals surface area (Å²) in [4.78, 5) is 10.5. The highest BCUT2D eigenvalue weighted by Crippen LogP contribution is 2.41. The summed E-state index contributed by atoms with van der Waals surface area (Å²) in [5.41, 5.74) is 7.35. The monoisotopic (exact) mass is 490 g/mol. The molecule has 2 heterocycles. The fourth-order valence-electron chi connectivity index (χ4n) is 4.91. The molecule has 0 fully saturated rings. The van der Waals surface area contributed by atoms with Crippen LogP contribution in [-0.4, -0.2) is 9.97 Å². The van der Waals surface area contributed by atoms with Crippen molar-refractivity contribution in [2.24, 2.45) is 0 Å². The zero-order valence-corrected chi connectivity index (χ0v) is 24.1. The van der Waals surface area contributed by atoms with Crippen LogP contribution in [0.15, 0.2) is 91.1 Å². The Morgan fingerprint density at radius 1 is 0.459 bits per heavy atom. The summed E-state index contributed by atoms with van der Waals surface area (Å²) in [6.07, 6.45) is 1.96. The van der Waals surface area contributed by atoms with Crippen LogP contribution in [0.2, 0.25) is 0 Å². The second-order valence-electron chi connectivity index (χ2n) is 13.0. The van der Waals surface area contributed by atoms with Crippen molar-refractivity contribution >= 4 is 0 Å². The molecule has 2 aromatic heterocycles. The lowest BCUT2D eigenvalue weighted by Gasteiger charge is -2.35. The van der Waals surface area contributed by atoms with E-state index < -0.39 is 5.41 Å². The molecule has 0 N–H and O–H groups in total. The smallest absolute Gasteiger partial charge is 0.0768 e. The normalized spacial score (nSPS) is 14.3. The van der Waals surface area contributed by atoms with Crippen molar-refractivity contribution in [3.8, 4) is 0 Å². The van der Waals surface area contributed by atoms with Gasteiger partial charge in [0.1, 0.15) is 0 Å². The molecule has 4 aromatic rings. The molecule has 4 rings (SSSR count). The van der Waals surface area contributed by atoms with Gasteiger partial charge in [0.25, 0.3) is 0 Å². The van der Waals surface area contributed by atoms with Gasteiger partial charge in [-0.15, -0.1) is 0 Å². The van der Waals surface area contributed by atoms with Gasteiger partial charge in [0.2, 0.25) is 0 Å². The number of aromatic nitrogens is 2. The molecule has 2 nitrogen and oxygen atoms in total. The van der Waals surface area contributed by atoms with E-state index in [0.717, 1.165) is 17.1 Å². The minimum atomic E-state index is -0.523.